The molecule has 98 valence electrons. The van der Waals surface area contributed by atoms with Crippen molar-refractivity contribution in [3.63, 3.8) is 0 Å². The molecule has 1 unspecified atom stereocenters. The van der Waals surface area contributed by atoms with Crippen LogP contribution in [0.3, 0.4) is 0 Å². The highest BCUT2D eigenvalue weighted by Gasteiger charge is 2.23. The van der Waals surface area contributed by atoms with Crippen LogP contribution < -0.4 is 24.0 Å². The summed E-state index contributed by atoms with van der Waals surface area (Å²) < 4.78 is 1.03. The summed E-state index contributed by atoms with van der Waals surface area (Å²) in [7, 11) is 4.49. The van der Waals surface area contributed by atoms with E-state index in [1.165, 1.54) is 32.1 Å². The van der Waals surface area contributed by atoms with Gasteiger partial charge in [0.25, 0.3) is 0 Å². The summed E-state index contributed by atoms with van der Waals surface area (Å²) in [5, 5.41) is 10.1. The number of rotatable bonds is 5. The SMILES string of the molecule is CC[N+](C)(C)CCC(O)C1CCCCC1.[I-]. The third-order valence-electron chi connectivity index (χ3n) is 4.08. The Labute approximate surface area is 118 Å². The highest BCUT2D eigenvalue weighted by molar-refractivity contribution is 4.72. The molecule has 0 aromatic rings. The van der Waals surface area contributed by atoms with Gasteiger partial charge in [0.1, 0.15) is 0 Å². The third-order valence-corrected chi connectivity index (χ3v) is 4.08. The maximum Gasteiger partial charge on any atom is 0.0807 e. The zero-order chi connectivity index (χ0) is 11.3. The van der Waals surface area contributed by atoms with Gasteiger partial charge in [0, 0.05) is 6.42 Å². The Balaban J connectivity index is 0.00000225. The van der Waals surface area contributed by atoms with Crippen LogP contribution in [0.25, 0.3) is 0 Å². The van der Waals surface area contributed by atoms with Gasteiger partial charge in [-0.3, -0.25) is 0 Å². The van der Waals surface area contributed by atoms with Crippen molar-refractivity contribution in [2.45, 2.75) is 51.6 Å². The lowest BCUT2D eigenvalue weighted by Gasteiger charge is -2.32. The second kappa shape index (κ2) is 7.88. The number of nitrogens with zero attached hydrogens (tertiary/aromatic N) is 1. The van der Waals surface area contributed by atoms with Crippen LogP contribution in [0.15, 0.2) is 0 Å². The normalized spacial score (nSPS) is 20.2. The minimum absolute atomic E-state index is 0. The highest BCUT2D eigenvalue weighted by atomic mass is 127. The summed E-state index contributed by atoms with van der Waals surface area (Å²) in [6, 6.07) is 0. The average molecular weight is 341 g/mol. The standard InChI is InChI=1S/C13H28NO.HI/c1-4-14(2,3)11-10-13(15)12-8-6-5-7-9-12;/h12-13,15H,4-11H2,1-3H3;1H/q+1;/p-1. The van der Waals surface area contributed by atoms with Crippen LogP contribution in [-0.4, -0.2) is 42.9 Å². The van der Waals surface area contributed by atoms with Gasteiger partial charge < -0.3 is 33.6 Å². The molecule has 0 amide bonds. The Morgan fingerprint density at radius 2 is 1.75 bits per heavy atom. The van der Waals surface area contributed by atoms with Gasteiger partial charge in [0.05, 0.1) is 33.3 Å². The number of quaternary nitrogens is 1. The van der Waals surface area contributed by atoms with E-state index >= 15 is 0 Å². The third kappa shape index (κ3) is 5.82. The van der Waals surface area contributed by atoms with Gasteiger partial charge in [0.2, 0.25) is 0 Å². The Kier molecular flexibility index (Phi) is 8.20. The fourth-order valence-electron chi connectivity index (χ4n) is 2.39. The summed E-state index contributed by atoms with van der Waals surface area (Å²) in [5.74, 6) is 0.593. The maximum absolute atomic E-state index is 10.1. The van der Waals surface area contributed by atoms with Crippen LogP contribution in [0, 0.1) is 5.92 Å². The second-order valence-electron chi connectivity index (χ2n) is 5.73. The van der Waals surface area contributed by atoms with Crippen molar-refractivity contribution in [2.75, 3.05) is 27.2 Å². The first-order valence-corrected chi connectivity index (χ1v) is 6.55. The van der Waals surface area contributed by atoms with Crippen LogP contribution in [0.1, 0.15) is 45.4 Å². The fourth-order valence-corrected chi connectivity index (χ4v) is 2.39. The molecule has 0 aromatic heterocycles. The van der Waals surface area contributed by atoms with Crippen LogP contribution in [0.2, 0.25) is 0 Å². The lowest BCUT2D eigenvalue weighted by atomic mass is 9.84. The topological polar surface area (TPSA) is 20.2 Å². The minimum atomic E-state index is -0.0470. The zero-order valence-electron chi connectivity index (χ0n) is 11.1. The smallest absolute Gasteiger partial charge is 0.0807 e. The quantitative estimate of drug-likeness (QED) is 0.524. The molecule has 0 bridgehead atoms. The molecule has 0 radical (unpaired) electrons. The van der Waals surface area contributed by atoms with Gasteiger partial charge in [0.15, 0.2) is 0 Å². The number of halogens is 1. The van der Waals surface area contributed by atoms with Crippen molar-refractivity contribution in [3.05, 3.63) is 0 Å². The lowest BCUT2D eigenvalue weighted by molar-refractivity contribution is -0.889. The molecule has 1 aliphatic carbocycles. The van der Waals surface area contributed by atoms with Gasteiger partial charge in [-0.2, -0.15) is 0 Å². The predicted molar refractivity (Wildman–Crippen MR) is 64.7 cm³/mol. The molecule has 1 saturated carbocycles. The fraction of sp³-hybridized carbons (Fsp3) is 1.00. The van der Waals surface area contributed by atoms with E-state index in [0.29, 0.717) is 5.92 Å². The molecule has 0 heterocycles. The molecule has 1 N–H and O–H groups in total. The molecule has 16 heavy (non-hydrogen) atoms. The van der Waals surface area contributed by atoms with Crippen LogP contribution in [0.5, 0.6) is 0 Å². The van der Waals surface area contributed by atoms with Gasteiger partial charge in [-0.05, 0) is 25.7 Å². The molecule has 0 aromatic carbocycles. The van der Waals surface area contributed by atoms with E-state index in [4.69, 9.17) is 0 Å². The highest BCUT2D eigenvalue weighted by Crippen LogP contribution is 2.27. The molecule has 2 nitrogen and oxygen atoms in total. The van der Waals surface area contributed by atoms with Crippen LogP contribution >= 0.6 is 0 Å². The molecular formula is C13H28INO. The van der Waals surface area contributed by atoms with Gasteiger partial charge in [-0.25, -0.2) is 0 Å². The maximum atomic E-state index is 10.1. The minimum Gasteiger partial charge on any atom is -1.00 e. The van der Waals surface area contributed by atoms with Crippen LogP contribution in [-0.2, 0) is 0 Å². The van der Waals surface area contributed by atoms with Crippen LogP contribution in [0.4, 0.5) is 0 Å². The molecule has 0 spiro atoms. The Bertz CT molecular complexity index is 179. The molecule has 3 heteroatoms. The first-order chi connectivity index (χ1) is 7.05. The molecule has 0 saturated heterocycles. The van der Waals surface area contributed by atoms with Crippen molar-refractivity contribution < 1.29 is 33.6 Å². The largest absolute Gasteiger partial charge is 1.00 e. The first kappa shape index (κ1) is 16.6. The van der Waals surface area contributed by atoms with Crippen molar-refractivity contribution in [2.24, 2.45) is 5.92 Å². The van der Waals surface area contributed by atoms with E-state index in [9.17, 15) is 5.11 Å². The molecule has 1 aliphatic rings. The van der Waals surface area contributed by atoms with E-state index in [1.54, 1.807) is 0 Å². The predicted octanol–water partition coefficient (Wildman–Crippen LogP) is -0.582. The van der Waals surface area contributed by atoms with E-state index < -0.39 is 0 Å². The summed E-state index contributed by atoms with van der Waals surface area (Å²) in [4.78, 5) is 0. The second-order valence-corrected chi connectivity index (χ2v) is 5.73. The molecule has 1 atom stereocenters. The van der Waals surface area contributed by atoms with Gasteiger partial charge >= 0.3 is 0 Å². The molecular weight excluding hydrogens is 313 g/mol. The number of aliphatic hydroxyl groups excluding tert-OH is 1. The number of hydrogen-bond acceptors (Lipinski definition) is 1. The van der Waals surface area contributed by atoms with Crippen molar-refractivity contribution in [3.8, 4) is 0 Å². The average Bonchev–Trinajstić information content (AvgIpc) is 2.27. The van der Waals surface area contributed by atoms with E-state index in [1.807, 2.05) is 0 Å². The number of hydrogen-bond donors (Lipinski definition) is 1. The van der Waals surface area contributed by atoms with Crippen molar-refractivity contribution in [1.82, 2.24) is 0 Å². The van der Waals surface area contributed by atoms with E-state index in [2.05, 4.69) is 21.0 Å². The van der Waals surface area contributed by atoms with E-state index in [-0.39, 0.29) is 30.1 Å². The molecule has 1 fully saturated rings. The number of aliphatic hydroxyl groups is 1. The van der Waals surface area contributed by atoms with Gasteiger partial charge in [-0.15, -0.1) is 0 Å². The summed E-state index contributed by atoms with van der Waals surface area (Å²) >= 11 is 0. The van der Waals surface area contributed by atoms with Gasteiger partial charge in [-0.1, -0.05) is 19.3 Å². The first-order valence-electron chi connectivity index (χ1n) is 6.55. The summed E-state index contributed by atoms with van der Waals surface area (Å²) in [5.41, 5.74) is 0. The zero-order valence-corrected chi connectivity index (χ0v) is 13.2. The molecule has 1 rings (SSSR count). The Morgan fingerprint density at radius 1 is 1.19 bits per heavy atom. The van der Waals surface area contributed by atoms with E-state index in [0.717, 1.165) is 24.0 Å². The van der Waals surface area contributed by atoms with Crippen molar-refractivity contribution in [1.29, 1.82) is 0 Å². The Morgan fingerprint density at radius 3 is 2.25 bits per heavy atom. The Hall–Kier alpha value is 0.650. The van der Waals surface area contributed by atoms with Crippen molar-refractivity contribution >= 4 is 0 Å². The lowest BCUT2D eigenvalue weighted by Crippen LogP contribution is -3.00. The summed E-state index contributed by atoms with van der Waals surface area (Å²) in [6.07, 6.45) is 7.46. The monoisotopic (exact) mass is 341 g/mol. The molecule has 0 aliphatic heterocycles. The summed E-state index contributed by atoms with van der Waals surface area (Å²) in [6.45, 7) is 4.47.